The summed E-state index contributed by atoms with van der Waals surface area (Å²) in [5.74, 6) is 0. The first-order valence-electron chi connectivity index (χ1n) is 5.19. The fraction of sp³-hybridized carbons (Fsp3) is 0. The summed E-state index contributed by atoms with van der Waals surface area (Å²) in [7, 11) is 0. The summed E-state index contributed by atoms with van der Waals surface area (Å²) in [5, 5.41) is -2.40. The van der Waals surface area contributed by atoms with E-state index in [-0.39, 0.29) is 0 Å². The Bertz CT molecular complexity index is 649. The van der Waals surface area contributed by atoms with Gasteiger partial charge in [-0.2, -0.15) is 0 Å². The Labute approximate surface area is 137 Å². The van der Waals surface area contributed by atoms with E-state index in [4.69, 9.17) is 48.1 Å². The fourth-order valence-electron chi connectivity index (χ4n) is 1.29. The van der Waals surface area contributed by atoms with E-state index in [1.807, 2.05) is 69.5 Å². The number of aromatic nitrogens is 2. The van der Waals surface area contributed by atoms with Crippen LogP contribution < -0.4 is 8.31 Å². The fourth-order valence-corrected chi connectivity index (χ4v) is 12.6. The molecule has 9 heteroatoms. The molecule has 2 rings (SSSR count). The highest BCUT2D eigenvalue weighted by Gasteiger charge is 2.26. The lowest BCUT2D eigenvalue weighted by Gasteiger charge is -2.35. The molecule has 0 amide bonds. The van der Waals surface area contributed by atoms with Crippen molar-refractivity contribution in [3.8, 4) is 0 Å². The molecule has 0 fully saturated rings. The molecule has 0 saturated carbocycles. The van der Waals surface area contributed by atoms with E-state index in [0.717, 1.165) is 0 Å². The van der Waals surface area contributed by atoms with E-state index in [1.165, 1.54) is 11.6 Å². The van der Waals surface area contributed by atoms with Crippen LogP contribution in [0.4, 0.5) is 0 Å². The highest BCUT2D eigenvalue weighted by Crippen LogP contribution is 2.82. The summed E-state index contributed by atoms with van der Waals surface area (Å²) in [5.41, 5.74) is 0. The molecular formula is C10H10N2P2S5. The second kappa shape index (κ2) is 6.61. The average molecular weight is 380 g/mol. The lowest BCUT2D eigenvalue weighted by Crippen LogP contribution is -2.29. The topological polar surface area (TPSA) is 7.76 Å². The molecule has 2 atom stereocenters. The Balaban J connectivity index is 2.34. The van der Waals surface area contributed by atoms with E-state index in [2.05, 4.69) is 0 Å². The molecule has 0 aromatic carbocycles. The van der Waals surface area contributed by atoms with Crippen molar-refractivity contribution in [2.45, 2.75) is 0 Å². The predicted octanol–water partition coefficient (Wildman–Crippen LogP) is 2.93. The van der Waals surface area contributed by atoms with Crippen LogP contribution in [0.15, 0.2) is 61.2 Å². The highest BCUT2D eigenvalue weighted by molar-refractivity contribution is 9.18. The third kappa shape index (κ3) is 3.85. The molecule has 2 aromatic heterocycles. The van der Waals surface area contributed by atoms with Crippen LogP contribution in [0.1, 0.15) is 0 Å². The maximum atomic E-state index is 5.64. The minimum absolute atomic E-state index is 1.43. The minimum Gasteiger partial charge on any atom is -0.722 e. The largest absolute Gasteiger partial charge is 0.722 e. The van der Waals surface area contributed by atoms with Crippen molar-refractivity contribution in [3.63, 3.8) is 0 Å². The summed E-state index contributed by atoms with van der Waals surface area (Å²) in [6.07, 6.45) is 7.57. The number of hydrogen-bond donors (Lipinski definition) is 0. The summed E-state index contributed by atoms with van der Waals surface area (Å²) < 4.78 is 1.43. The Kier molecular flexibility index (Phi) is 5.58. The Hall–Kier alpha value is 0.650. The van der Waals surface area contributed by atoms with Crippen LogP contribution in [0.2, 0.25) is 0 Å². The normalized spacial score (nSPS) is 17.4. The minimum atomic E-state index is -2.40. The van der Waals surface area contributed by atoms with Gasteiger partial charge in [-0.25, -0.2) is 4.34 Å². The Morgan fingerprint density at radius 3 is 1.79 bits per heavy atom. The molecule has 2 aromatic rings. The van der Waals surface area contributed by atoms with Crippen molar-refractivity contribution >= 4 is 68.9 Å². The SMILES string of the molecule is S=P([S-])(S[n+]1ccccc1)P(=S)([S-])[n+]1ccccc1. The first kappa shape index (κ1) is 16.0. The number of rotatable bonds is 4. The van der Waals surface area contributed by atoms with Gasteiger partial charge in [0, 0.05) is 28.4 Å². The van der Waals surface area contributed by atoms with Gasteiger partial charge in [0.2, 0.25) is 0 Å². The zero-order valence-corrected chi connectivity index (χ0v) is 15.5. The monoisotopic (exact) mass is 380 g/mol. The van der Waals surface area contributed by atoms with Gasteiger partial charge in [-0.15, -0.1) is 3.97 Å². The first-order valence-corrected chi connectivity index (χ1v) is 14.9. The van der Waals surface area contributed by atoms with E-state index in [9.17, 15) is 0 Å². The van der Waals surface area contributed by atoms with Gasteiger partial charge >= 0.3 is 0 Å². The smallest absolute Gasteiger partial charge is 0.183 e. The van der Waals surface area contributed by atoms with E-state index >= 15 is 0 Å². The van der Waals surface area contributed by atoms with Crippen LogP contribution in [-0.4, -0.2) is 0 Å². The molecule has 0 aliphatic carbocycles. The highest BCUT2D eigenvalue weighted by atomic mass is 33.5. The molecule has 19 heavy (non-hydrogen) atoms. The van der Waals surface area contributed by atoms with Crippen LogP contribution in [0.5, 0.6) is 0 Å². The molecular weight excluding hydrogens is 370 g/mol. The Morgan fingerprint density at radius 1 is 0.789 bits per heavy atom. The van der Waals surface area contributed by atoms with Crippen LogP contribution in [0, 0.1) is 0 Å². The second-order valence-electron chi connectivity index (χ2n) is 3.53. The van der Waals surface area contributed by atoms with Gasteiger partial charge in [-0.1, -0.05) is 23.9 Å². The van der Waals surface area contributed by atoms with Crippen molar-refractivity contribution in [2.75, 3.05) is 0 Å². The van der Waals surface area contributed by atoms with Gasteiger partial charge in [0.05, 0.1) is 5.08 Å². The van der Waals surface area contributed by atoms with Crippen LogP contribution in [-0.2, 0) is 48.1 Å². The summed E-state index contributed by atoms with van der Waals surface area (Å²) >= 11 is 24.0. The average Bonchev–Trinajstić information content (AvgIpc) is 2.40. The van der Waals surface area contributed by atoms with Crippen molar-refractivity contribution in [1.29, 1.82) is 0 Å². The molecule has 0 N–H and O–H groups in total. The van der Waals surface area contributed by atoms with E-state index in [1.54, 1.807) is 0 Å². The second-order valence-corrected chi connectivity index (χ2v) is 25.5. The molecule has 2 nitrogen and oxygen atoms in total. The van der Waals surface area contributed by atoms with Gasteiger partial charge in [0.15, 0.2) is 36.4 Å². The molecule has 100 valence electrons. The lowest BCUT2D eigenvalue weighted by atomic mass is 10.5. The third-order valence-corrected chi connectivity index (χ3v) is 27.3. The lowest BCUT2D eigenvalue weighted by molar-refractivity contribution is -0.505. The molecule has 2 unspecified atom stereocenters. The predicted molar refractivity (Wildman–Crippen MR) is 95.0 cm³/mol. The molecule has 0 saturated heterocycles. The summed E-state index contributed by atoms with van der Waals surface area (Å²) in [6.45, 7) is 0. The van der Waals surface area contributed by atoms with Gasteiger partial charge in [0.1, 0.15) is 0 Å². The van der Waals surface area contributed by atoms with Gasteiger partial charge in [-0.05, 0) is 11.8 Å². The molecule has 0 spiro atoms. The standard InChI is InChI=1S/C10H10N2P2S5/c15-13(16,11-7-3-1-4-8-11)14(17,18)19-12-9-5-2-6-10-12/h1-10H. The van der Waals surface area contributed by atoms with Gasteiger partial charge < -0.3 is 24.5 Å². The number of hydrogen-bond acceptors (Lipinski definition) is 5. The van der Waals surface area contributed by atoms with Gasteiger partial charge in [0.25, 0.3) is 0 Å². The Morgan fingerprint density at radius 2 is 1.26 bits per heavy atom. The van der Waals surface area contributed by atoms with E-state index in [0.29, 0.717) is 0 Å². The van der Waals surface area contributed by atoms with Crippen LogP contribution >= 0.6 is 20.8 Å². The zero-order valence-electron chi connectivity index (χ0n) is 9.60. The van der Waals surface area contributed by atoms with Gasteiger partial charge in [-0.3, -0.25) is 0 Å². The van der Waals surface area contributed by atoms with Crippen LogP contribution in [0.25, 0.3) is 0 Å². The zero-order chi connectivity index (χ0) is 13.9. The van der Waals surface area contributed by atoms with Crippen LogP contribution in [0.3, 0.4) is 0 Å². The maximum absolute atomic E-state index is 5.64. The van der Waals surface area contributed by atoms with Crippen molar-refractivity contribution in [1.82, 2.24) is 0 Å². The first-order chi connectivity index (χ1) is 8.93. The molecule has 0 aliphatic heterocycles. The summed E-state index contributed by atoms with van der Waals surface area (Å²) in [6, 6.07) is 11.5. The third-order valence-electron chi connectivity index (χ3n) is 2.19. The van der Waals surface area contributed by atoms with Crippen molar-refractivity contribution in [3.05, 3.63) is 61.2 Å². The van der Waals surface area contributed by atoms with E-state index < -0.39 is 9.21 Å². The van der Waals surface area contributed by atoms with Crippen molar-refractivity contribution in [2.24, 2.45) is 0 Å². The molecule has 2 heterocycles. The maximum Gasteiger partial charge on any atom is 0.183 e. The quantitative estimate of drug-likeness (QED) is 0.456. The number of pyridine rings is 2. The van der Waals surface area contributed by atoms with Crippen molar-refractivity contribution < 1.29 is 8.31 Å². The molecule has 0 radical (unpaired) electrons. The molecule has 0 bridgehead atoms. The number of nitrogens with zero attached hydrogens (tertiary/aromatic N) is 2. The molecule has 0 aliphatic rings. The summed E-state index contributed by atoms with van der Waals surface area (Å²) in [4.78, 5) is 0.